The lowest BCUT2D eigenvalue weighted by molar-refractivity contribution is -0.149. The molecule has 0 amide bonds. The molecule has 2 N–H and O–H groups in total. The Balaban J connectivity index is 0.000000383. The molecule has 2 aromatic carbocycles. The standard InChI is InChI=1S/C20H23N3O4S.C7H8O/c1-12-14(17(24)26-3)16(22-19-21-10-11-28-19)15(18(25)27-4)20(2,23-12)13-8-6-5-7-9-13;1-8-7-5-3-2-4-6-7/h5-11,15-16,23H,1-4H3,(H,21,22);2-6H,1H3. The molecule has 3 aromatic rings. The highest BCUT2D eigenvalue weighted by Crippen LogP contribution is 2.41. The molecule has 2 heterocycles. The summed E-state index contributed by atoms with van der Waals surface area (Å²) >= 11 is 1.39. The van der Waals surface area contributed by atoms with E-state index in [1.807, 2.05) is 73.0 Å². The smallest absolute Gasteiger partial charge is 0.337 e. The summed E-state index contributed by atoms with van der Waals surface area (Å²) in [5, 5.41) is 9.05. The van der Waals surface area contributed by atoms with Crippen molar-refractivity contribution in [3.8, 4) is 5.75 Å². The molecule has 8 nitrogen and oxygen atoms in total. The summed E-state index contributed by atoms with van der Waals surface area (Å²) in [6, 6.07) is 18.6. The maximum atomic E-state index is 13.0. The Morgan fingerprint density at radius 2 is 1.64 bits per heavy atom. The molecule has 36 heavy (non-hydrogen) atoms. The van der Waals surface area contributed by atoms with Gasteiger partial charge in [0.2, 0.25) is 0 Å². The fraction of sp³-hybridized carbons (Fsp3) is 0.296. The third-order valence-electron chi connectivity index (χ3n) is 6.04. The maximum absolute atomic E-state index is 13.0. The second kappa shape index (κ2) is 12.2. The third-order valence-corrected chi connectivity index (χ3v) is 6.75. The van der Waals surface area contributed by atoms with Crippen LogP contribution in [0.5, 0.6) is 5.75 Å². The third kappa shape index (κ3) is 5.85. The van der Waals surface area contributed by atoms with Gasteiger partial charge < -0.3 is 24.8 Å². The zero-order valence-corrected chi connectivity index (χ0v) is 21.8. The van der Waals surface area contributed by atoms with Gasteiger partial charge in [-0.15, -0.1) is 11.3 Å². The minimum Gasteiger partial charge on any atom is -0.497 e. The normalized spacial score (nSPS) is 20.8. The Kier molecular flexibility index (Phi) is 9.08. The molecule has 3 unspecified atom stereocenters. The molecule has 0 radical (unpaired) electrons. The van der Waals surface area contributed by atoms with E-state index in [9.17, 15) is 9.59 Å². The Bertz CT molecular complexity index is 1170. The number of ether oxygens (including phenoxy) is 3. The molecule has 9 heteroatoms. The number of aromatic nitrogens is 1. The highest BCUT2D eigenvalue weighted by atomic mass is 32.1. The summed E-state index contributed by atoms with van der Waals surface area (Å²) in [7, 11) is 4.33. The number of allylic oxidation sites excluding steroid dienone is 1. The largest absolute Gasteiger partial charge is 0.497 e. The van der Waals surface area contributed by atoms with Crippen LogP contribution < -0.4 is 15.4 Å². The van der Waals surface area contributed by atoms with E-state index in [4.69, 9.17) is 14.2 Å². The lowest BCUT2D eigenvalue weighted by Gasteiger charge is -2.46. The van der Waals surface area contributed by atoms with Crippen LogP contribution in [0.3, 0.4) is 0 Å². The van der Waals surface area contributed by atoms with Crippen LogP contribution >= 0.6 is 11.3 Å². The fourth-order valence-corrected chi connectivity index (χ4v) is 4.90. The number of hydrogen-bond donors (Lipinski definition) is 2. The van der Waals surface area contributed by atoms with E-state index in [-0.39, 0.29) is 0 Å². The van der Waals surface area contributed by atoms with Crippen LogP contribution in [-0.4, -0.2) is 44.3 Å². The first kappa shape index (κ1) is 26.7. The van der Waals surface area contributed by atoms with E-state index >= 15 is 0 Å². The number of anilines is 1. The van der Waals surface area contributed by atoms with Crippen molar-refractivity contribution in [2.24, 2.45) is 5.92 Å². The van der Waals surface area contributed by atoms with Gasteiger partial charge in [0.15, 0.2) is 5.13 Å². The van der Waals surface area contributed by atoms with Gasteiger partial charge in [-0.1, -0.05) is 48.5 Å². The van der Waals surface area contributed by atoms with E-state index in [0.29, 0.717) is 16.4 Å². The zero-order valence-electron chi connectivity index (χ0n) is 21.0. The Morgan fingerprint density at radius 1 is 1.00 bits per heavy atom. The average molecular weight is 510 g/mol. The quantitative estimate of drug-likeness (QED) is 0.473. The average Bonchev–Trinajstić information content (AvgIpc) is 3.42. The molecular weight excluding hydrogens is 478 g/mol. The summed E-state index contributed by atoms with van der Waals surface area (Å²) in [6.07, 6.45) is 1.66. The summed E-state index contributed by atoms with van der Waals surface area (Å²) in [4.78, 5) is 29.8. The van der Waals surface area contributed by atoms with Gasteiger partial charge >= 0.3 is 11.9 Å². The molecule has 1 aliphatic heterocycles. The first-order chi connectivity index (χ1) is 17.3. The predicted molar refractivity (Wildman–Crippen MR) is 140 cm³/mol. The number of nitrogens with one attached hydrogen (secondary N) is 2. The first-order valence-electron chi connectivity index (χ1n) is 11.3. The molecule has 1 aromatic heterocycles. The van der Waals surface area contributed by atoms with E-state index in [1.165, 1.54) is 25.6 Å². The van der Waals surface area contributed by atoms with Crippen LogP contribution in [0.1, 0.15) is 19.4 Å². The summed E-state index contributed by atoms with van der Waals surface area (Å²) in [5.74, 6) is -0.793. The summed E-state index contributed by atoms with van der Waals surface area (Å²) in [6.45, 7) is 3.73. The van der Waals surface area contributed by atoms with E-state index < -0.39 is 29.4 Å². The highest BCUT2D eigenvalue weighted by Gasteiger charge is 2.52. The number of carbonyl (C=O) groups excluding carboxylic acids is 2. The summed E-state index contributed by atoms with van der Waals surface area (Å²) in [5.41, 5.74) is 1.07. The number of hydrogen-bond acceptors (Lipinski definition) is 9. The molecule has 1 aliphatic rings. The van der Waals surface area contributed by atoms with Crippen molar-refractivity contribution in [2.45, 2.75) is 25.4 Å². The highest BCUT2D eigenvalue weighted by molar-refractivity contribution is 7.13. The SMILES string of the molecule is COC(=O)C1=C(C)NC(C)(c2ccccc2)C(C(=O)OC)C1Nc1nccs1.COc1ccccc1. The second-order valence-corrected chi connectivity index (χ2v) is 9.10. The number of nitrogens with zero attached hydrogens (tertiary/aromatic N) is 1. The van der Waals surface area contributed by atoms with Crippen molar-refractivity contribution in [1.29, 1.82) is 0 Å². The predicted octanol–water partition coefficient (Wildman–Crippen LogP) is 4.37. The van der Waals surface area contributed by atoms with Crippen LogP contribution in [-0.2, 0) is 24.6 Å². The van der Waals surface area contributed by atoms with Crippen molar-refractivity contribution in [2.75, 3.05) is 26.6 Å². The second-order valence-electron chi connectivity index (χ2n) is 8.20. The molecule has 3 atom stereocenters. The number of benzene rings is 2. The first-order valence-corrected chi connectivity index (χ1v) is 12.2. The minimum atomic E-state index is -0.815. The van der Waals surface area contributed by atoms with Gasteiger partial charge in [0.05, 0.1) is 38.5 Å². The fourth-order valence-electron chi connectivity index (χ4n) is 4.33. The molecule has 0 aliphatic carbocycles. The minimum absolute atomic E-state index is 0.349. The van der Waals surface area contributed by atoms with E-state index in [1.54, 1.807) is 20.2 Å². The maximum Gasteiger partial charge on any atom is 0.337 e. The molecule has 190 valence electrons. The van der Waals surface area contributed by atoms with Crippen molar-refractivity contribution in [3.63, 3.8) is 0 Å². The van der Waals surface area contributed by atoms with Crippen molar-refractivity contribution in [1.82, 2.24) is 10.3 Å². The van der Waals surface area contributed by atoms with Crippen molar-refractivity contribution < 1.29 is 23.8 Å². The van der Waals surface area contributed by atoms with Gasteiger partial charge in [0.1, 0.15) is 11.7 Å². The monoisotopic (exact) mass is 509 g/mol. The van der Waals surface area contributed by atoms with Gasteiger partial charge in [0.25, 0.3) is 0 Å². The van der Waals surface area contributed by atoms with E-state index in [2.05, 4.69) is 15.6 Å². The van der Waals surface area contributed by atoms with Crippen LogP contribution in [0.2, 0.25) is 0 Å². The van der Waals surface area contributed by atoms with Gasteiger partial charge in [-0.2, -0.15) is 0 Å². The molecule has 0 spiro atoms. The van der Waals surface area contributed by atoms with E-state index in [0.717, 1.165) is 11.3 Å². The Hall–Kier alpha value is -3.85. The zero-order chi connectivity index (χ0) is 26.1. The Morgan fingerprint density at radius 3 is 2.14 bits per heavy atom. The van der Waals surface area contributed by atoms with Gasteiger partial charge in [0, 0.05) is 17.3 Å². The molecule has 0 saturated heterocycles. The topological polar surface area (TPSA) is 98.8 Å². The van der Waals surface area contributed by atoms with Crippen LogP contribution in [0.4, 0.5) is 5.13 Å². The van der Waals surface area contributed by atoms with Crippen LogP contribution in [0.15, 0.2) is 83.5 Å². The lowest BCUT2D eigenvalue weighted by atomic mass is 9.70. The van der Waals surface area contributed by atoms with Crippen LogP contribution in [0.25, 0.3) is 0 Å². The number of thiazole rings is 1. The number of carbonyl (C=O) groups is 2. The number of esters is 2. The number of para-hydroxylation sites is 1. The summed E-state index contributed by atoms with van der Waals surface area (Å²) < 4.78 is 15.1. The molecule has 4 rings (SSSR count). The molecule has 0 saturated carbocycles. The lowest BCUT2D eigenvalue weighted by Crippen LogP contribution is -2.60. The molecular formula is C27H31N3O5S. The Labute approximate surface area is 215 Å². The van der Waals surface area contributed by atoms with Crippen molar-refractivity contribution >= 4 is 28.4 Å². The van der Waals surface area contributed by atoms with Gasteiger partial charge in [-0.05, 0) is 31.5 Å². The molecule has 0 fully saturated rings. The van der Waals surface area contributed by atoms with Gasteiger partial charge in [-0.3, -0.25) is 4.79 Å². The number of rotatable bonds is 6. The van der Waals surface area contributed by atoms with Crippen molar-refractivity contribution in [3.05, 3.63) is 89.1 Å². The molecule has 0 bridgehead atoms. The van der Waals surface area contributed by atoms with Gasteiger partial charge in [-0.25, -0.2) is 9.78 Å². The van der Waals surface area contributed by atoms with Crippen LogP contribution in [0, 0.1) is 5.92 Å². The number of methoxy groups -OCH3 is 3.